The van der Waals surface area contributed by atoms with Crippen LogP contribution in [0.3, 0.4) is 0 Å². The van der Waals surface area contributed by atoms with Crippen molar-refractivity contribution in [1.29, 1.82) is 0 Å². The zero-order valence-electron chi connectivity index (χ0n) is 18.5. The largest absolute Gasteiger partial charge is 0.492 e. The number of carbonyl (C=O) groups excluding carboxylic acids is 2. The lowest BCUT2D eigenvalue weighted by Gasteiger charge is -2.23. The Morgan fingerprint density at radius 3 is 2.06 bits per heavy atom. The lowest BCUT2D eigenvalue weighted by Crippen LogP contribution is -2.49. The first-order valence-corrected chi connectivity index (χ1v) is 11.5. The highest BCUT2D eigenvalue weighted by molar-refractivity contribution is 5.82. The first-order chi connectivity index (χ1) is 16.5. The number of amides is 1. The van der Waals surface area contributed by atoms with E-state index >= 15 is 0 Å². The summed E-state index contributed by atoms with van der Waals surface area (Å²) in [6.07, 6.45) is 2.69. The lowest BCUT2D eigenvalue weighted by molar-refractivity contribution is -0.149. The smallest absolute Gasteiger partial charge is 0.407 e. The summed E-state index contributed by atoms with van der Waals surface area (Å²) >= 11 is 0. The van der Waals surface area contributed by atoms with Gasteiger partial charge in [-0.05, 0) is 41.0 Å². The molecule has 5 rings (SSSR count). The van der Waals surface area contributed by atoms with Crippen molar-refractivity contribution in [2.45, 2.75) is 37.6 Å². The van der Waals surface area contributed by atoms with E-state index in [2.05, 4.69) is 17.4 Å². The van der Waals surface area contributed by atoms with Crippen LogP contribution in [0.4, 0.5) is 4.79 Å². The van der Waals surface area contributed by atoms with E-state index in [4.69, 9.17) is 9.57 Å². The summed E-state index contributed by atoms with van der Waals surface area (Å²) in [6.45, 7) is 0.130. The van der Waals surface area contributed by atoms with Gasteiger partial charge in [-0.15, -0.1) is 4.73 Å². The molecule has 1 amide bonds. The normalized spacial score (nSPS) is 16.0. The summed E-state index contributed by atoms with van der Waals surface area (Å²) in [5.74, 6) is -1.83. The Hall–Kier alpha value is -3.94. The molecule has 8 heteroatoms. The van der Waals surface area contributed by atoms with E-state index in [0.29, 0.717) is 4.73 Å². The summed E-state index contributed by atoms with van der Waals surface area (Å²) in [4.78, 5) is 30.8. The topological polar surface area (TPSA) is 110 Å². The highest BCUT2D eigenvalue weighted by atomic mass is 16.7. The van der Waals surface area contributed by atoms with Gasteiger partial charge < -0.3 is 25.1 Å². The second-order valence-corrected chi connectivity index (χ2v) is 8.75. The summed E-state index contributed by atoms with van der Waals surface area (Å²) in [6, 6.07) is 17.6. The van der Waals surface area contributed by atoms with Crippen LogP contribution in [-0.4, -0.2) is 39.7 Å². The minimum Gasteiger partial charge on any atom is -0.492 e. The van der Waals surface area contributed by atoms with E-state index < -0.39 is 29.9 Å². The molecule has 2 aliphatic carbocycles. The monoisotopic (exact) mass is 462 g/mol. The van der Waals surface area contributed by atoms with Crippen molar-refractivity contribution in [3.63, 3.8) is 0 Å². The predicted octanol–water partition coefficient (Wildman–Crippen LogP) is 3.95. The molecule has 8 nitrogen and oxygen atoms in total. The molecular formula is C26H26N2O6. The number of carbonyl (C=O) groups is 2. The van der Waals surface area contributed by atoms with E-state index in [1.807, 2.05) is 36.4 Å². The van der Waals surface area contributed by atoms with Crippen LogP contribution in [0.15, 0.2) is 60.7 Å². The molecule has 1 heterocycles. The Morgan fingerprint density at radius 2 is 1.47 bits per heavy atom. The van der Waals surface area contributed by atoms with Crippen LogP contribution in [0.25, 0.3) is 11.1 Å². The standard InChI is InChI=1S/C26H26N2O6/c29-22-13-14-23(30)28(22)34-25(31)24(16-7-1-2-8-16)27-26(32)33-15-21-19-11-5-3-9-17(19)18-10-4-6-12-20(18)21/h3-6,9-14,16,21,24,29-30H,1-2,7-8,15H2,(H,27,32)/t24-/m0/s1. The van der Waals surface area contributed by atoms with Crippen molar-refractivity contribution in [3.8, 4) is 22.9 Å². The van der Waals surface area contributed by atoms with Gasteiger partial charge in [0.1, 0.15) is 12.6 Å². The number of alkyl carbamates (subject to hydrolysis) is 1. The minimum atomic E-state index is -0.959. The summed E-state index contributed by atoms with van der Waals surface area (Å²) in [5, 5.41) is 22.2. The summed E-state index contributed by atoms with van der Waals surface area (Å²) in [5.41, 5.74) is 4.46. The van der Waals surface area contributed by atoms with E-state index in [-0.39, 0.29) is 18.4 Å². The van der Waals surface area contributed by atoms with Crippen LogP contribution in [0.1, 0.15) is 42.7 Å². The molecule has 3 N–H and O–H groups in total. The average molecular weight is 463 g/mol. The maximum Gasteiger partial charge on any atom is 0.407 e. The highest BCUT2D eigenvalue weighted by Gasteiger charge is 2.36. The maximum atomic E-state index is 12.9. The Bertz CT molecular complexity index is 1150. The molecule has 176 valence electrons. The van der Waals surface area contributed by atoms with Crippen LogP contribution in [0.2, 0.25) is 0 Å². The number of hydrogen-bond donors (Lipinski definition) is 3. The summed E-state index contributed by atoms with van der Waals surface area (Å²) in [7, 11) is 0. The fraction of sp³-hybridized carbons (Fsp3) is 0.308. The fourth-order valence-electron chi connectivity index (χ4n) is 5.07. The second kappa shape index (κ2) is 9.13. The molecule has 0 aliphatic heterocycles. The third kappa shape index (κ3) is 4.07. The molecule has 0 bridgehead atoms. The minimum absolute atomic E-state index is 0.0937. The molecule has 34 heavy (non-hydrogen) atoms. The van der Waals surface area contributed by atoms with Crippen LogP contribution < -0.4 is 10.2 Å². The van der Waals surface area contributed by atoms with Crippen molar-refractivity contribution in [2.24, 2.45) is 5.92 Å². The Labute approximate surface area is 196 Å². The van der Waals surface area contributed by atoms with E-state index in [9.17, 15) is 19.8 Å². The maximum absolute atomic E-state index is 12.9. The predicted molar refractivity (Wildman–Crippen MR) is 123 cm³/mol. The average Bonchev–Trinajstić information content (AvgIpc) is 3.56. The van der Waals surface area contributed by atoms with Crippen molar-refractivity contribution in [2.75, 3.05) is 6.61 Å². The van der Waals surface area contributed by atoms with Crippen LogP contribution in [-0.2, 0) is 9.53 Å². The van der Waals surface area contributed by atoms with Gasteiger partial charge in [0.15, 0.2) is 0 Å². The van der Waals surface area contributed by atoms with Gasteiger partial charge >= 0.3 is 12.1 Å². The van der Waals surface area contributed by atoms with Crippen molar-refractivity contribution in [1.82, 2.24) is 10.0 Å². The third-order valence-corrected chi connectivity index (χ3v) is 6.72. The quantitative estimate of drug-likeness (QED) is 0.512. The Balaban J connectivity index is 1.28. The number of fused-ring (bicyclic) bond motifs is 3. The van der Waals surface area contributed by atoms with Gasteiger partial charge in [0.2, 0.25) is 11.8 Å². The van der Waals surface area contributed by atoms with Gasteiger partial charge in [-0.1, -0.05) is 61.4 Å². The van der Waals surface area contributed by atoms with E-state index in [1.54, 1.807) is 0 Å². The number of nitrogens with one attached hydrogen (secondary N) is 1. The lowest BCUT2D eigenvalue weighted by atomic mass is 9.98. The van der Waals surface area contributed by atoms with E-state index in [1.165, 1.54) is 12.1 Å². The van der Waals surface area contributed by atoms with Gasteiger partial charge in [-0.25, -0.2) is 9.59 Å². The molecule has 0 saturated heterocycles. The van der Waals surface area contributed by atoms with Gasteiger partial charge in [0, 0.05) is 18.1 Å². The molecule has 1 saturated carbocycles. The zero-order chi connectivity index (χ0) is 23.7. The third-order valence-electron chi connectivity index (χ3n) is 6.72. The van der Waals surface area contributed by atoms with Gasteiger partial charge in [0.05, 0.1) is 0 Å². The number of rotatable bonds is 6. The molecule has 1 aromatic heterocycles. The van der Waals surface area contributed by atoms with Crippen LogP contribution in [0.5, 0.6) is 11.8 Å². The number of hydrogen-bond acceptors (Lipinski definition) is 6. The second-order valence-electron chi connectivity index (χ2n) is 8.75. The number of benzene rings is 2. The zero-order valence-corrected chi connectivity index (χ0v) is 18.5. The fourth-order valence-corrected chi connectivity index (χ4v) is 5.07. The van der Waals surface area contributed by atoms with Gasteiger partial charge in [0.25, 0.3) is 0 Å². The number of aromatic nitrogens is 1. The molecule has 3 aromatic rings. The Kier molecular flexibility index (Phi) is 5.88. The highest BCUT2D eigenvalue weighted by Crippen LogP contribution is 2.44. The first kappa shape index (κ1) is 21.9. The SMILES string of the molecule is O=C(N[C@H](C(=O)On1c(O)ccc1O)C1CCCC1)OCC1c2ccccc2-c2ccccc21. The molecular weight excluding hydrogens is 436 g/mol. The van der Waals surface area contributed by atoms with Crippen molar-refractivity contribution in [3.05, 3.63) is 71.8 Å². The van der Waals surface area contributed by atoms with Crippen LogP contribution in [0, 0.1) is 5.92 Å². The van der Waals surface area contributed by atoms with Crippen molar-refractivity contribution >= 4 is 12.1 Å². The molecule has 0 unspecified atom stereocenters. The van der Waals surface area contributed by atoms with Gasteiger partial charge in [-0.2, -0.15) is 0 Å². The van der Waals surface area contributed by atoms with E-state index in [0.717, 1.165) is 47.9 Å². The molecule has 2 aromatic carbocycles. The number of ether oxygens (including phenoxy) is 1. The van der Waals surface area contributed by atoms with Gasteiger partial charge in [-0.3, -0.25) is 0 Å². The molecule has 2 aliphatic rings. The number of aromatic hydroxyl groups is 2. The summed E-state index contributed by atoms with van der Waals surface area (Å²) < 4.78 is 6.23. The molecule has 0 radical (unpaired) electrons. The first-order valence-electron chi connectivity index (χ1n) is 11.5. The molecule has 1 atom stereocenters. The Morgan fingerprint density at radius 1 is 0.912 bits per heavy atom. The number of nitrogens with zero attached hydrogens (tertiary/aromatic N) is 1. The molecule has 0 spiro atoms. The molecule has 1 fully saturated rings. The van der Waals surface area contributed by atoms with Crippen molar-refractivity contribution < 1.29 is 29.4 Å². The van der Waals surface area contributed by atoms with Crippen LogP contribution >= 0.6 is 0 Å².